The summed E-state index contributed by atoms with van der Waals surface area (Å²) in [5, 5.41) is 3.52. The Morgan fingerprint density at radius 2 is 2.20 bits per heavy atom. The molecule has 0 spiro atoms. The van der Waals surface area contributed by atoms with Gasteiger partial charge in [0, 0.05) is 24.6 Å². The van der Waals surface area contributed by atoms with Gasteiger partial charge in [-0.15, -0.1) is 0 Å². The maximum atomic E-state index is 5.81. The zero-order valence-corrected chi connectivity index (χ0v) is 12.5. The number of nitrogens with one attached hydrogen (secondary N) is 1. The molecule has 2 atom stereocenters. The molecule has 3 rings (SSSR count). The highest BCUT2D eigenvalue weighted by Crippen LogP contribution is 2.34. The second kappa shape index (κ2) is 6.59. The van der Waals surface area contributed by atoms with Crippen molar-refractivity contribution in [3.05, 3.63) is 29.8 Å². The van der Waals surface area contributed by atoms with Crippen LogP contribution in [0.1, 0.15) is 31.2 Å². The van der Waals surface area contributed by atoms with Gasteiger partial charge in [-0.05, 0) is 44.5 Å². The fourth-order valence-electron chi connectivity index (χ4n) is 3.47. The second-order valence-electron chi connectivity index (χ2n) is 6.11. The molecule has 2 heterocycles. The topological polar surface area (TPSA) is 24.5 Å². The van der Waals surface area contributed by atoms with Gasteiger partial charge in [-0.3, -0.25) is 0 Å². The summed E-state index contributed by atoms with van der Waals surface area (Å²) in [4.78, 5) is 2.60. The van der Waals surface area contributed by atoms with E-state index in [4.69, 9.17) is 4.74 Å². The van der Waals surface area contributed by atoms with E-state index < -0.39 is 0 Å². The maximum absolute atomic E-state index is 5.81. The first kappa shape index (κ1) is 13.9. The van der Waals surface area contributed by atoms with Gasteiger partial charge in [-0.2, -0.15) is 0 Å². The third kappa shape index (κ3) is 3.15. The van der Waals surface area contributed by atoms with E-state index in [1.54, 1.807) is 0 Å². The summed E-state index contributed by atoms with van der Waals surface area (Å²) in [5.74, 6) is 2.46. The molecule has 2 aliphatic rings. The highest BCUT2D eigenvalue weighted by Gasteiger charge is 2.26. The molecule has 3 nitrogen and oxygen atoms in total. The number of benzene rings is 1. The zero-order valence-electron chi connectivity index (χ0n) is 12.5. The Bertz CT molecular complexity index is 429. The van der Waals surface area contributed by atoms with E-state index in [9.17, 15) is 0 Å². The second-order valence-corrected chi connectivity index (χ2v) is 6.11. The van der Waals surface area contributed by atoms with Crippen LogP contribution < -0.4 is 10.1 Å². The van der Waals surface area contributed by atoms with Crippen molar-refractivity contribution in [3.63, 3.8) is 0 Å². The van der Waals surface area contributed by atoms with E-state index in [0.29, 0.717) is 5.92 Å². The lowest BCUT2D eigenvalue weighted by Gasteiger charge is -2.30. The van der Waals surface area contributed by atoms with Crippen molar-refractivity contribution in [1.82, 2.24) is 10.2 Å². The van der Waals surface area contributed by atoms with Crippen molar-refractivity contribution in [2.75, 3.05) is 39.3 Å². The molecule has 1 saturated heterocycles. The standard InChI is InChI=1S/C17H26N2O/c1-2-19(11-14-6-5-9-18-10-14)12-15-13-20-17-8-4-3-7-16(15)17/h3-4,7-8,14-15,18H,2,5-6,9-13H2,1H3. The van der Waals surface area contributed by atoms with Gasteiger partial charge in [-0.1, -0.05) is 25.1 Å². The fourth-order valence-corrected chi connectivity index (χ4v) is 3.47. The largest absolute Gasteiger partial charge is 0.493 e. The molecule has 2 aliphatic heterocycles. The quantitative estimate of drug-likeness (QED) is 0.893. The fraction of sp³-hybridized carbons (Fsp3) is 0.647. The van der Waals surface area contributed by atoms with E-state index in [1.165, 1.54) is 38.0 Å². The lowest BCUT2D eigenvalue weighted by molar-refractivity contribution is 0.195. The van der Waals surface area contributed by atoms with E-state index in [0.717, 1.165) is 31.4 Å². The first-order valence-electron chi connectivity index (χ1n) is 8.01. The van der Waals surface area contributed by atoms with Crippen molar-refractivity contribution < 1.29 is 4.74 Å². The van der Waals surface area contributed by atoms with Gasteiger partial charge in [0.25, 0.3) is 0 Å². The van der Waals surface area contributed by atoms with Crippen LogP contribution in [0.25, 0.3) is 0 Å². The molecule has 0 aliphatic carbocycles. The maximum Gasteiger partial charge on any atom is 0.122 e. The van der Waals surface area contributed by atoms with E-state index in [-0.39, 0.29) is 0 Å². The minimum atomic E-state index is 0.544. The molecule has 20 heavy (non-hydrogen) atoms. The highest BCUT2D eigenvalue weighted by molar-refractivity contribution is 5.39. The number of piperidine rings is 1. The van der Waals surface area contributed by atoms with E-state index >= 15 is 0 Å². The van der Waals surface area contributed by atoms with Crippen molar-refractivity contribution >= 4 is 0 Å². The third-order valence-corrected chi connectivity index (χ3v) is 4.64. The number of fused-ring (bicyclic) bond motifs is 1. The van der Waals surface area contributed by atoms with Crippen molar-refractivity contribution in [3.8, 4) is 5.75 Å². The average Bonchev–Trinajstić information content (AvgIpc) is 2.91. The van der Waals surface area contributed by atoms with Gasteiger partial charge < -0.3 is 15.0 Å². The Kier molecular flexibility index (Phi) is 4.58. The SMILES string of the molecule is CCN(CC1CCCNC1)CC1COc2ccccc21. The van der Waals surface area contributed by atoms with Crippen molar-refractivity contribution in [2.45, 2.75) is 25.7 Å². The van der Waals surface area contributed by atoms with Gasteiger partial charge >= 0.3 is 0 Å². The molecule has 0 radical (unpaired) electrons. The summed E-state index contributed by atoms with van der Waals surface area (Å²) in [5.41, 5.74) is 1.40. The molecule has 1 aromatic carbocycles. The summed E-state index contributed by atoms with van der Waals surface area (Å²) in [6.45, 7) is 9.00. The highest BCUT2D eigenvalue weighted by atomic mass is 16.5. The zero-order chi connectivity index (χ0) is 13.8. The first-order valence-corrected chi connectivity index (χ1v) is 8.01. The lowest BCUT2D eigenvalue weighted by Crippen LogP contribution is -2.39. The van der Waals surface area contributed by atoms with E-state index in [2.05, 4.69) is 41.4 Å². The average molecular weight is 274 g/mol. The molecule has 1 aromatic rings. The molecule has 0 amide bonds. The monoisotopic (exact) mass is 274 g/mol. The predicted molar refractivity (Wildman–Crippen MR) is 82.4 cm³/mol. The van der Waals surface area contributed by atoms with Crippen LogP contribution in [0.3, 0.4) is 0 Å². The number of para-hydroxylation sites is 1. The Morgan fingerprint density at radius 1 is 1.30 bits per heavy atom. The number of nitrogens with zero attached hydrogens (tertiary/aromatic N) is 1. The number of hydrogen-bond acceptors (Lipinski definition) is 3. The summed E-state index contributed by atoms with van der Waals surface area (Å²) < 4.78 is 5.81. The first-order chi connectivity index (χ1) is 9.86. The molecular weight excluding hydrogens is 248 g/mol. The van der Waals surface area contributed by atoms with Crippen LogP contribution in [0.2, 0.25) is 0 Å². The third-order valence-electron chi connectivity index (χ3n) is 4.64. The van der Waals surface area contributed by atoms with Crippen LogP contribution in [-0.2, 0) is 0 Å². The summed E-state index contributed by atoms with van der Waals surface area (Å²) in [6, 6.07) is 8.51. The molecule has 1 fully saturated rings. The Labute approximate surface area is 122 Å². The predicted octanol–water partition coefficient (Wildman–Crippen LogP) is 2.48. The molecule has 3 heteroatoms. The smallest absolute Gasteiger partial charge is 0.122 e. The number of ether oxygens (including phenoxy) is 1. The normalized spacial score (nSPS) is 25.5. The summed E-state index contributed by atoms with van der Waals surface area (Å²) >= 11 is 0. The van der Waals surface area contributed by atoms with E-state index in [1.807, 2.05) is 0 Å². The van der Waals surface area contributed by atoms with Crippen LogP contribution in [0, 0.1) is 5.92 Å². The molecule has 0 saturated carbocycles. The van der Waals surface area contributed by atoms with Gasteiger partial charge in [0.1, 0.15) is 5.75 Å². The lowest BCUT2D eigenvalue weighted by atomic mass is 9.97. The molecule has 110 valence electrons. The molecule has 1 N–H and O–H groups in total. The van der Waals surface area contributed by atoms with Gasteiger partial charge in [0.05, 0.1) is 6.61 Å². The van der Waals surface area contributed by atoms with Crippen LogP contribution in [0.4, 0.5) is 0 Å². The van der Waals surface area contributed by atoms with Gasteiger partial charge in [0.2, 0.25) is 0 Å². The molecule has 0 bridgehead atoms. The Hall–Kier alpha value is -1.06. The molecule has 0 aromatic heterocycles. The molecule has 2 unspecified atom stereocenters. The number of hydrogen-bond donors (Lipinski definition) is 1. The van der Waals surface area contributed by atoms with Gasteiger partial charge in [0.15, 0.2) is 0 Å². The minimum Gasteiger partial charge on any atom is -0.493 e. The minimum absolute atomic E-state index is 0.544. The van der Waals surface area contributed by atoms with Crippen LogP contribution >= 0.6 is 0 Å². The molecular formula is C17H26N2O. The van der Waals surface area contributed by atoms with Crippen molar-refractivity contribution in [1.29, 1.82) is 0 Å². The number of rotatable bonds is 5. The number of likely N-dealkylation sites (N-methyl/N-ethyl adjacent to an activating group) is 1. The summed E-state index contributed by atoms with van der Waals surface area (Å²) in [6.07, 6.45) is 2.71. The Morgan fingerprint density at radius 3 is 3.00 bits per heavy atom. The Balaban J connectivity index is 1.58. The summed E-state index contributed by atoms with van der Waals surface area (Å²) in [7, 11) is 0. The van der Waals surface area contributed by atoms with Crippen LogP contribution in [-0.4, -0.2) is 44.2 Å². The van der Waals surface area contributed by atoms with Crippen LogP contribution in [0.5, 0.6) is 5.75 Å². The van der Waals surface area contributed by atoms with Gasteiger partial charge in [-0.25, -0.2) is 0 Å². The van der Waals surface area contributed by atoms with Crippen molar-refractivity contribution in [2.24, 2.45) is 5.92 Å². The van der Waals surface area contributed by atoms with Crippen LogP contribution in [0.15, 0.2) is 24.3 Å².